The first-order chi connectivity index (χ1) is 6.24. The molecule has 0 aliphatic carbocycles. The van der Waals surface area contributed by atoms with E-state index in [-0.39, 0.29) is 6.04 Å². The van der Waals surface area contributed by atoms with Crippen LogP contribution in [0.15, 0.2) is 15.4 Å². The van der Waals surface area contributed by atoms with Gasteiger partial charge < -0.3 is 10.2 Å². The molecule has 5 heteroatoms. The molecule has 5 nitrogen and oxygen atoms in total. The SMILES string of the molecule is N[C@@H]1CCN(Cc2c[nH]c(=O)o2)C1. The number of aromatic nitrogens is 1. The van der Waals surface area contributed by atoms with Crippen molar-refractivity contribution in [2.75, 3.05) is 13.1 Å². The van der Waals surface area contributed by atoms with Crippen LogP contribution in [0, 0.1) is 0 Å². The van der Waals surface area contributed by atoms with Crippen LogP contribution in [0.25, 0.3) is 0 Å². The first kappa shape index (κ1) is 8.52. The normalized spacial score (nSPS) is 23.9. The summed E-state index contributed by atoms with van der Waals surface area (Å²) >= 11 is 0. The van der Waals surface area contributed by atoms with E-state index in [9.17, 15) is 4.79 Å². The summed E-state index contributed by atoms with van der Waals surface area (Å²) in [5, 5.41) is 0. The monoisotopic (exact) mass is 183 g/mol. The minimum atomic E-state index is -0.390. The number of nitrogens with one attached hydrogen (secondary N) is 1. The minimum absolute atomic E-state index is 0.269. The van der Waals surface area contributed by atoms with Gasteiger partial charge in [-0.25, -0.2) is 4.79 Å². The van der Waals surface area contributed by atoms with Crippen LogP contribution in [-0.2, 0) is 6.54 Å². The molecule has 0 spiro atoms. The van der Waals surface area contributed by atoms with Gasteiger partial charge >= 0.3 is 5.76 Å². The summed E-state index contributed by atoms with van der Waals surface area (Å²) in [6.07, 6.45) is 2.63. The Morgan fingerprint density at radius 2 is 2.62 bits per heavy atom. The van der Waals surface area contributed by atoms with Gasteiger partial charge in [-0.3, -0.25) is 9.88 Å². The van der Waals surface area contributed by atoms with Crippen molar-refractivity contribution in [3.05, 3.63) is 22.5 Å². The first-order valence-electron chi connectivity index (χ1n) is 4.39. The Morgan fingerprint density at radius 3 is 3.15 bits per heavy atom. The van der Waals surface area contributed by atoms with E-state index in [1.165, 1.54) is 0 Å². The van der Waals surface area contributed by atoms with Gasteiger partial charge in [0.2, 0.25) is 0 Å². The molecule has 1 aliphatic rings. The second-order valence-corrected chi connectivity index (χ2v) is 3.43. The Balaban J connectivity index is 1.95. The maximum Gasteiger partial charge on any atom is 0.416 e. The van der Waals surface area contributed by atoms with Gasteiger partial charge in [-0.2, -0.15) is 0 Å². The number of hydrogen-bond donors (Lipinski definition) is 2. The highest BCUT2D eigenvalue weighted by Gasteiger charge is 2.19. The quantitative estimate of drug-likeness (QED) is 0.648. The van der Waals surface area contributed by atoms with Gasteiger partial charge in [0.1, 0.15) is 5.76 Å². The molecule has 0 amide bonds. The van der Waals surface area contributed by atoms with E-state index in [1.807, 2.05) is 0 Å². The minimum Gasteiger partial charge on any atom is -0.412 e. The van der Waals surface area contributed by atoms with E-state index in [1.54, 1.807) is 6.20 Å². The summed E-state index contributed by atoms with van der Waals surface area (Å²) in [5.74, 6) is 0.289. The summed E-state index contributed by atoms with van der Waals surface area (Å²) < 4.78 is 4.89. The zero-order chi connectivity index (χ0) is 9.26. The van der Waals surface area contributed by atoms with Crippen LogP contribution in [0.3, 0.4) is 0 Å². The highest BCUT2D eigenvalue weighted by Crippen LogP contribution is 2.10. The Kier molecular flexibility index (Phi) is 2.20. The van der Waals surface area contributed by atoms with Gasteiger partial charge in [-0.05, 0) is 6.42 Å². The largest absolute Gasteiger partial charge is 0.416 e. The van der Waals surface area contributed by atoms with Crippen LogP contribution in [-0.4, -0.2) is 29.0 Å². The lowest BCUT2D eigenvalue weighted by Crippen LogP contribution is -2.26. The number of nitrogens with two attached hydrogens (primary N) is 1. The lowest BCUT2D eigenvalue weighted by atomic mass is 10.3. The van der Waals surface area contributed by atoms with Crippen molar-refractivity contribution in [1.29, 1.82) is 0 Å². The zero-order valence-electron chi connectivity index (χ0n) is 7.32. The van der Waals surface area contributed by atoms with Crippen molar-refractivity contribution in [3.63, 3.8) is 0 Å². The van der Waals surface area contributed by atoms with Crippen LogP contribution in [0.2, 0.25) is 0 Å². The molecule has 2 heterocycles. The zero-order valence-corrected chi connectivity index (χ0v) is 7.32. The third-order valence-electron chi connectivity index (χ3n) is 2.26. The van der Waals surface area contributed by atoms with E-state index >= 15 is 0 Å². The van der Waals surface area contributed by atoms with Gasteiger partial charge in [0.25, 0.3) is 0 Å². The number of rotatable bonds is 2. The number of hydrogen-bond acceptors (Lipinski definition) is 4. The smallest absolute Gasteiger partial charge is 0.412 e. The number of likely N-dealkylation sites (tertiary alicyclic amines) is 1. The molecule has 0 unspecified atom stereocenters. The van der Waals surface area contributed by atoms with Crippen molar-refractivity contribution in [2.45, 2.75) is 19.0 Å². The molecule has 2 rings (SSSR count). The molecule has 1 aromatic heterocycles. The van der Waals surface area contributed by atoms with Gasteiger partial charge in [0, 0.05) is 25.3 Å². The molecule has 72 valence electrons. The topological polar surface area (TPSA) is 75.3 Å². The van der Waals surface area contributed by atoms with Gasteiger partial charge in [0.05, 0.1) is 6.54 Å². The molecular weight excluding hydrogens is 170 g/mol. The molecule has 3 N–H and O–H groups in total. The van der Waals surface area contributed by atoms with Crippen molar-refractivity contribution in [1.82, 2.24) is 9.88 Å². The van der Waals surface area contributed by atoms with Crippen LogP contribution < -0.4 is 11.5 Å². The van der Waals surface area contributed by atoms with Gasteiger partial charge in [-0.1, -0.05) is 0 Å². The van der Waals surface area contributed by atoms with Crippen LogP contribution in [0.1, 0.15) is 12.2 Å². The molecule has 1 fully saturated rings. The third-order valence-corrected chi connectivity index (χ3v) is 2.26. The molecular formula is C8H13N3O2. The van der Waals surface area contributed by atoms with Crippen molar-refractivity contribution in [3.8, 4) is 0 Å². The molecule has 1 saturated heterocycles. The summed E-state index contributed by atoms with van der Waals surface area (Å²) in [6, 6.07) is 0.269. The van der Waals surface area contributed by atoms with Crippen LogP contribution >= 0.6 is 0 Å². The van der Waals surface area contributed by atoms with E-state index in [0.29, 0.717) is 12.3 Å². The molecule has 1 aromatic rings. The van der Waals surface area contributed by atoms with Gasteiger partial charge in [0.15, 0.2) is 0 Å². The maximum absolute atomic E-state index is 10.7. The molecule has 0 aromatic carbocycles. The van der Waals surface area contributed by atoms with E-state index < -0.39 is 5.76 Å². The lowest BCUT2D eigenvalue weighted by Gasteiger charge is -2.11. The predicted octanol–water partition coefficient (Wildman–Crippen LogP) is -0.499. The number of oxazole rings is 1. The number of nitrogens with zero attached hydrogens (tertiary/aromatic N) is 1. The van der Waals surface area contributed by atoms with E-state index in [0.717, 1.165) is 19.5 Å². The van der Waals surface area contributed by atoms with Gasteiger partial charge in [-0.15, -0.1) is 0 Å². The molecule has 13 heavy (non-hydrogen) atoms. The standard InChI is InChI=1S/C8H13N3O2/c9-6-1-2-11(4-6)5-7-3-10-8(12)13-7/h3,6H,1-2,4-5,9H2,(H,10,12)/t6-/m1/s1. The molecule has 1 aliphatic heterocycles. The van der Waals surface area contributed by atoms with Crippen molar-refractivity contribution in [2.24, 2.45) is 5.73 Å². The highest BCUT2D eigenvalue weighted by atomic mass is 16.4. The molecule has 0 bridgehead atoms. The fourth-order valence-corrected chi connectivity index (χ4v) is 1.62. The van der Waals surface area contributed by atoms with E-state index in [4.69, 9.17) is 10.2 Å². The fraction of sp³-hybridized carbons (Fsp3) is 0.625. The maximum atomic E-state index is 10.7. The second-order valence-electron chi connectivity index (χ2n) is 3.43. The molecule has 0 saturated carbocycles. The highest BCUT2D eigenvalue weighted by molar-refractivity contribution is 4.90. The number of H-pyrrole nitrogens is 1. The average molecular weight is 183 g/mol. The Hall–Kier alpha value is -1.07. The van der Waals surface area contributed by atoms with Crippen LogP contribution in [0.4, 0.5) is 0 Å². The Morgan fingerprint density at radius 1 is 1.77 bits per heavy atom. The second kappa shape index (κ2) is 3.35. The number of aromatic amines is 1. The summed E-state index contributed by atoms with van der Waals surface area (Å²) in [5.41, 5.74) is 5.74. The molecule has 0 radical (unpaired) electrons. The average Bonchev–Trinajstić information content (AvgIpc) is 2.62. The van der Waals surface area contributed by atoms with Crippen molar-refractivity contribution >= 4 is 0 Å². The predicted molar refractivity (Wildman–Crippen MR) is 47.2 cm³/mol. The summed E-state index contributed by atoms with van der Waals surface area (Å²) in [7, 11) is 0. The lowest BCUT2D eigenvalue weighted by molar-refractivity contribution is 0.290. The first-order valence-corrected chi connectivity index (χ1v) is 4.39. The third kappa shape index (κ3) is 1.99. The Labute approximate surface area is 75.5 Å². The fourth-order valence-electron chi connectivity index (χ4n) is 1.62. The molecule has 1 atom stereocenters. The van der Waals surface area contributed by atoms with E-state index in [2.05, 4.69) is 9.88 Å². The summed E-state index contributed by atoms with van der Waals surface area (Å²) in [4.78, 5) is 15.3. The summed E-state index contributed by atoms with van der Waals surface area (Å²) in [6.45, 7) is 2.54. The Bertz CT molecular complexity index is 330. The van der Waals surface area contributed by atoms with Crippen molar-refractivity contribution < 1.29 is 4.42 Å². The van der Waals surface area contributed by atoms with Crippen LogP contribution in [0.5, 0.6) is 0 Å².